The summed E-state index contributed by atoms with van der Waals surface area (Å²) < 4.78 is 8.31. The summed E-state index contributed by atoms with van der Waals surface area (Å²) in [4.78, 5) is 8.39. The molecule has 0 amide bonds. The van der Waals surface area contributed by atoms with Crippen molar-refractivity contribution >= 4 is 25.2 Å². The van der Waals surface area contributed by atoms with Gasteiger partial charge in [-0.25, -0.2) is 9.97 Å². The van der Waals surface area contributed by atoms with Gasteiger partial charge >= 0.3 is 0 Å². The van der Waals surface area contributed by atoms with Crippen LogP contribution in [0.25, 0.3) is 11.0 Å². The second kappa shape index (κ2) is 5.77. The number of aromatic nitrogens is 3. The Hall–Kier alpha value is -1.40. The van der Waals surface area contributed by atoms with Gasteiger partial charge in [-0.15, -0.1) is 0 Å². The fourth-order valence-electron chi connectivity index (χ4n) is 1.97. The zero-order chi connectivity index (χ0) is 15.7. The summed E-state index contributed by atoms with van der Waals surface area (Å²) in [6.45, 7) is 13.0. The highest BCUT2D eigenvalue weighted by atomic mass is 28.4. The van der Waals surface area contributed by atoms with Crippen LogP contribution in [0.3, 0.4) is 0 Å². The van der Waals surface area contributed by atoms with Gasteiger partial charge in [-0.3, -0.25) is 0 Å². The summed E-state index contributed by atoms with van der Waals surface area (Å²) in [6, 6.07) is 1.95. The number of pyridine rings is 1. The van der Waals surface area contributed by atoms with Gasteiger partial charge in [-0.05, 0) is 30.6 Å². The summed E-state index contributed by atoms with van der Waals surface area (Å²) in [5, 5.41) is 0.259. The van der Waals surface area contributed by atoms with Crippen LogP contribution in [0.15, 0.2) is 18.6 Å². The minimum absolute atomic E-state index is 0.259. The van der Waals surface area contributed by atoms with Gasteiger partial charge in [0, 0.05) is 19.3 Å². The Morgan fingerprint density at radius 3 is 2.67 bits per heavy atom. The number of fused-ring (bicyclic) bond motifs is 1. The molecule has 116 valence electrons. The molecule has 0 bridgehead atoms. The predicted molar refractivity (Wildman–Crippen MR) is 89.7 cm³/mol. The lowest BCUT2D eigenvalue weighted by Crippen LogP contribution is -2.41. The molecule has 0 saturated heterocycles. The Bertz CT molecular complexity index is 616. The first-order chi connectivity index (χ1) is 9.72. The highest BCUT2D eigenvalue weighted by Crippen LogP contribution is 2.36. The fraction of sp³-hybridized carbons (Fsp3) is 0.600. The lowest BCUT2D eigenvalue weighted by atomic mass is 10.2. The normalized spacial score (nSPS) is 13.0. The Morgan fingerprint density at radius 2 is 2.00 bits per heavy atom. The van der Waals surface area contributed by atoms with Crippen LogP contribution in [0.2, 0.25) is 18.1 Å². The molecule has 0 fully saturated rings. The molecule has 0 unspecified atom stereocenters. The molecule has 21 heavy (non-hydrogen) atoms. The minimum atomic E-state index is -1.64. The van der Waals surface area contributed by atoms with Gasteiger partial charge in [0.15, 0.2) is 14.1 Å². The maximum absolute atomic E-state index is 6.20. The number of nitrogens with two attached hydrogens (primary N) is 1. The van der Waals surface area contributed by atoms with Crippen molar-refractivity contribution in [2.45, 2.75) is 51.9 Å². The van der Waals surface area contributed by atoms with Crippen LogP contribution in [0.1, 0.15) is 27.2 Å². The smallest absolute Gasteiger partial charge is 0.191 e. The zero-order valence-corrected chi connectivity index (χ0v) is 14.7. The molecule has 2 rings (SSSR count). The monoisotopic (exact) mass is 306 g/mol. The number of aryl methyl sites for hydroxylation is 1. The van der Waals surface area contributed by atoms with Gasteiger partial charge in [0.1, 0.15) is 5.52 Å². The molecular weight excluding hydrogens is 280 g/mol. The van der Waals surface area contributed by atoms with Crippen LogP contribution in [0.4, 0.5) is 5.82 Å². The van der Waals surface area contributed by atoms with E-state index in [1.165, 1.54) is 0 Å². The Morgan fingerprint density at radius 1 is 1.29 bits per heavy atom. The van der Waals surface area contributed by atoms with E-state index in [2.05, 4.69) is 48.4 Å². The van der Waals surface area contributed by atoms with Crippen molar-refractivity contribution in [1.82, 2.24) is 14.5 Å². The van der Waals surface area contributed by atoms with Gasteiger partial charge in [0.2, 0.25) is 0 Å². The third-order valence-corrected chi connectivity index (χ3v) is 8.92. The number of anilines is 1. The van der Waals surface area contributed by atoms with E-state index in [0.717, 1.165) is 30.6 Å². The second-order valence-electron chi connectivity index (χ2n) is 6.96. The lowest BCUT2D eigenvalue weighted by Gasteiger charge is -2.36. The van der Waals surface area contributed by atoms with Crippen molar-refractivity contribution in [3.63, 3.8) is 0 Å². The highest BCUT2D eigenvalue weighted by molar-refractivity contribution is 6.74. The van der Waals surface area contributed by atoms with E-state index < -0.39 is 8.32 Å². The number of imidazole rings is 1. The predicted octanol–water partition coefficient (Wildman–Crippen LogP) is 3.43. The van der Waals surface area contributed by atoms with Crippen molar-refractivity contribution in [3.05, 3.63) is 18.6 Å². The third-order valence-electron chi connectivity index (χ3n) is 4.38. The van der Waals surface area contributed by atoms with Crippen LogP contribution in [-0.4, -0.2) is 29.5 Å². The molecule has 5 nitrogen and oxygen atoms in total. The van der Waals surface area contributed by atoms with Crippen molar-refractivity contribution in [1.29, 1.82) is 0 Å². The van der Waals surface area contributed by atoms with Gasteiger partial charge in [0.25, 0.3) is 0 Å². The first-order valence-electron chi connectivity index (χ1n) is 7.42. The number of hydrogen-bond acceptors (Lipinski definition) is 4. The second-order valence-corrected chi connectivity index (χ2v) is 11.8. The number of nitrogen functional groups attached to an aromatic ring is 1. The molecule has 0 aliphatic carbocycles. The SMILES string of the molecule is CC(C)(C)[Si](C)(C)OCCCn1cnc2c(N)nccc21. The van der Waals surface area contributed by atoms with Gasteiger partial charge in [0.05, 0.1) is 11.8 Å². The molecule has 0 aliphatic heterocycles. The molecular formula is C15H26N4OSi. The Labute approximate surface area is 127 Å². The van der Waals surface area contributed by atoms with E-state index in [-0.39, 0.29) is 5.04 Å². The van der Waals surface area contributed by atoms with Crippen LogP contribution in [0.5, 0.6) is 0 Å². The van der Waals surface area contributed by atoms with Gasteiger partial charge in [-0.1, -0.05) is 20.8 Å². The van der Waals surface area contributed by atoms with E-state index in [1.807, 2.05) is 12.4 Å². The molecule has 0 spiro atoms. The fourth-order valence-corrected chi connectivity index (χ4v) is 3.06. The Kier molecular flexibility index (Phi) is 4.39. The van der Waals surface area contributed by atoms with E-state index in [0.29, 0.717) is 5.82 Å². The Balaban J connectivity index is 1.93. The first-order valence-corrected chi connectivity index (χ1v) is 10.3. The molecule has 0 aliphatic rings. The molecule has 0 saturated carbocycles. The highest BCUT2D eigenvalue weighted by Gasteiger charge is 2.36. The topological polar surface area (TPSA) is 66.0 Å². The molecule has 2 N–H and O–H groups in total. The van der Waals surface area contributed by atoms with Gasteiger partial charge in [-0.2, -0.15) is 0 Å². The van der Waals surface area contributed by atoms with Crippen LogP contribution in [0, 0.1) is 0 Å². The van der Waals surface area contributed by atoms with E-state index >= 15 is 0 Å². The van der Waals surface area contributed by atoms with Crippen molar-refractivity contribution < 1.29 is 4.43 Å². The quantitative estimate of drug-likeness (QED) is 0.679. The lowest BCUT2D eigenvalue weighted by molar-refractivity contribution is 0.275. The summed E-state index contributed by atoms with van der Waals surface area (Å²) >= 11 is 0. The number of nitrogens with zero attached hydrogens (tertiary/aromatic N) is 3. The number of hydrogen-bond donors (Lipinski definition) is 1. The summed E-state index contributed by atoms with van der Waals surface area (Å²) in [6.07, 6.45) is 4.53. The van der Waals surface area contributed by atoms with Crippen LogP contribution >= 0.6 is 0 Å². The zero-order valence-electron chi connectivity index (χ0n) is 13.7. The molecule has 0 radical (unpaired) electrons. The average Bonchev–Trinajstić information content (AvgIpc) is 2.78. The summed E-state index contributed by atoms with van der Waals surface area (Å²) in [7, 11) is -1.64. The van der Waals surface area contributed by atoms with E-state index in [4.69, 9.17) is 10.2 Å². The van der Waals surface area contributed by atoms with Crippen molar-refractivity contribution in [2.75, 3.05) is 12.3 Å². The maximum Gasteiger partial charge on any atom is 0.191 e. The largest absolute Gasteiger partial charge is 0.417 e. The molecule has 2 aromatic rings. The van der Waals surface area contributed by atoms with Crippen LogP contribution in [-0.2, 0) is 11.0 Å². The maximum atomic E-state index is 6.20. The van der Waals surface area contributed by atoms with Gasteiger partial charge < -0.3 is 14.7 Å². The molecule has 0 atom stereocenters. The van der Waals surface area contributed by atoms with E-state index in [9.17, 15) is 0 Å². The van der Waals surface area contributed by atoms with E-state index in [1.54, 1.807) is 6.20 Å². The molecule has 2 aromatic heterocycles. The standard InChI is InChI=1S/C15H26N4OSi/c1-15(2,3)21(4,5)20-10-6-9-19-11-18-13-12(19)7-8-17-14(13)16/h7-8,11H,6,9-10H2,1-5H3,(H2,16,17). The minimum Gasteiger partial charge on any atom is -0.417 e. The molecule has 0 aromatic carbocycles. The summed E-state index contributed by atoms with van der Waals surface area (Å²) in [5.74, 6) is 0.490. The third kappa shape index (κ3) is 3.44. The van der Waals surface area contributed by atoms with Crippen molar-refractivity contribution in [3.8, 4) is 0 Å². The van der Waals surface area contributed by atoms with Crippen molar-refractivity contribution in [2.24, 2.45) is 0 Å². The average molecular weight is 306 g/mol. The van der Waals surface area contributed by atoms with Crippen LogP contribution < -0.4 is 5.73 Å². The number of rotatable bonds is 5. The summed E-state index contributed by atoms with van der Waals surface area (Å²) in [5.41, 5.74) is 7.64. The molecule has 6 heteroatoms. The molecule has 2 heterocycles. The first kappa shape index (κ1) is 16.0.